The number of hydrogen-bond donors (Lipinski definition) is 1. The summed E-state index contributed by atoms with van der Waals surface area (Å²) in [6, 6.07) is 6.93. The predicted molar refractivity (Wildman–Crippen MR) is 60.4 cm³/mol. The minimum Gasteiger partial charge on any atom is -0.496 e. The van der Waals surface area contributed by atoms with Crippen LogP contribution in [-0.2, 0) is 0 Å². The van der Waals surface area contributed by atoms with E-state index in [-0.39, 0.29) is 5.57 Å². The number of benzene rings is 1. The molecule has 0 fully saturated rings. The van der Waals surface area contributed by atoms with Gasteiger partial charge in [0, 0.05) is 0 Å². The van der Waals surface area contributed by atoms with E-state index >= 15 is 0 Å². The van der Waals surface area contributed by atoms with E-state index in [1.54, 1.807) is 25.3 Å². The van der Waals surface area contributed by atoms with Crippen molar-refractivity contribution in [2.24, 2.45) is 0 Å². The summed E-state index contributed by atoms with van der Waals surface area (Å²) in [5.41, 5.74) is 0.723. The fourth-order valence-electron chi connectivity index (χ4n) is 1.12. The molecule has 1 aromatic rings. The van der Waals surface area contributed by atoms with Gasteiger partial charge in [-0.1, -0.05) is 12.6 Å². The van der Waals surface area contributed by atoms with Crippen molar-refractivity contribution in [2.45, 2.75) is 6.10 Å². The molecule has 0 saturated carbocycles. The molecule has 15 heavy (non-hydrogen) atoms. The summed E-state index contributed by atoms with van der Waals surface area (Å²) in [4.78, 5) is 0. The van der Waals surface area contributed by atoms with Crippen LogP contribution in [0.25, 0.3) is 0 Å². The van der Waals surface area contributed by atoms with Crippen molar-refractivity contribution in [1.82, 2.24) is 0 Å². The fraction of sp³-hybridized carbons (Fsp3) is 0.182. The largest absolute Gasteiger partial charge is 0.496 e. The van der Waals surface area contributed by atoms with Gasteiger partial charge in [0.2, 0.25) is 0 Å². The highest BCUT2D eigenvalue weighted by Crippen LogP contribution is 2.29. The average molecular weight is 268 g/mol. The average Bonchev–Trinajstić information content (AvgIpc) is 2.26. The molecule has 0 radical (unpaired) electrons. The highest BCUT2D eigenvalue weighted by molar-refractivity contribution is 9.10. The third-order valence-electron chi connectivity index (χ3n) is 1.97. The molecule has 3 nitrogen and oxygen atoms in total. The molecule has 1 aromatic carbocycles. The number of rotatable bonds is 3. The maximum Gasteiger partial charge on any atom is 0.133 e. The lowest BCUT2D eigenvalue weighted by atomic mass is 10.0. The molecule has 0 aromatic heterocycles. The number of aliphatic hydroxyl groups is 1. The second kappa shape index (κ2) is 4.96. The Morgan fingerprint density at radius 1 is 1.67 bits per heavy atom. The van der Waals surface area contributed by atoms with Gasteiger partial charge in [0.15, 0.2) is 0 Å². The molecule has 1 unspecified atom stereocenters. The van der Waals surface area contributed by atoms with E-state index in [1.807, 2.05) is 6.07 Å². The Bertz CT molecular complexity index is 423. The van der Waals surface area contributed by atoms with Gasteiger partial charge >= 0.3 is 0 Å². The van der Waals surface area contributed by atoms with Gasteiger partial charge in [-0.3, -0.25) is 0 Å². The fourth-order valence-corrected chi connectivity index (χ4v) is 1.67. The standard InChI is InChI=1S/C11H10BrNO2/c1-7(6-13)11(14)8-3-4-10(15-2)9(12)5-8/h3-5,11,14H,1H2,2H3. The Hall–Kier alpha value is -1.31. The number of nitriles is 1. The summed E-state index contributed by atoms with van der Waals surface area (Å²) in [6.07, 6.45) is -0.961. The van der Waals surface area contributed by atoms with Crippen LogP contribution in [0.4, 0.5) is 0 Å². The van der Waals surface area contributed by atoms with Crippen LogP contribution in [0.3, 0.4) is 0 Å². The normalized spacial score (nSPS) is 11.6. The lowest BCUT2D eigenvalue weighted by molar-refractivity contribution is 0.221. The smallest absolute Gasteiger partial charge is 0.133 e. The van der Waals surface area contributed by atoms with Crippen LogP contribution < -0.4 is 4.74 Å². The van der Waals surface area contributed by atoms with Gasteiger partial charge < -0.3 is 9.84 Å². The molecule has 1 rings (SSSR count). The molecular weight excluding hydrogens is 258 g/mol. The molecule has 0 aliphatic heterocycles. The predicted octanol–water partition coefficient (Wildman–Crippen LogP) is 2.57. The first-order valence-electron chi connectivity index (χ1n) is 4.20. The molecule has 0 heterocycles. The first kappa shape index (κ1) is 11.8. The molecular formula is C11H10BrNO2. The van der Waals surface area contributed by atoms with E-state index in [1.165, 1.54) is 0 Å². The van der Waals surface area contributed by atoms with E-state index < -0.39 is 6.10 Å². The summed E-state index contributed by atoms with van der Waals surface area (Å²) in [7, 11) is 1.56. The van der Waals surface area contributed by atoms with Crippen molar-refractivity contribution >= 4 is 15.9 Å². The van der Waals surface area contributed by atoms with E-state index in [9.17, 15) is 5.11 Å². The van der Waals surface area contributed by atoms with Crippen molar-refractivity contribution in [2.75, 3.05) is 7.11 Å². The van der Waals surface area contributed by atoms with E-state index in [0.29, 0.717) is 11.3 Å². The zero-order valence-electron chi connectivity index (χ0n) is 8.20. The topological polar surface area (TPSA) is 53.2 Å². The Labute approximate surface area is 96.7 Å². The van der Waals surface area contributed by atoms with Crippen LogP contribution in [0.2, 0.25) is 0 Å². The van der Waals surface area contributed by atoms with Crippen molar-refractivity contribution in [3.05, 3.63) is 40.4 Å². The Kier molecular flexibility index (Phi) is 3.89. The highest BCUT2D eigenvalue weighted by atomic mass is 79.9. The van der Waals surface area contributed by atoms with Gasteiger partial charge in [0.25, 0.3) is 0 Å². The molecule has 1 N–H and O–H groups in total. The van der Waals surface area contributed by atoms with Gasteiger partial charge in [-0.25, -0.2) is 0 Å². The number of ether oxygens (including phenoxy) is 1. The van der Waals surface area contributed by atoms with Crippen molar-refractivity contribution in [3.63, 3.8) is 0 Å². The molecule has 0 aliphatic rings. The lowest BCUT2D eigenvalue weighted by Crippen LogP contribution is -1.99. The van der Waals surface area contributed by atoms with Crippen LogP contribution in [0.15, 0.2) is 34.8 Å². The number of aliphatic hydroxyl groups excluding tert-OH is 1. The molecule has 78 valence electrons. The van der Waals surface area contributed by atoms with Gasteiger partial charge in [0.05, 0.1) is 23.2 Å². The quantitative estimate of drug-likeness (QED) is 0.857. The van der Waals surface area contributed by atoms with Crippen LogP contribution in [0, 0.1) is 11.3 Å². The summed E-state index contributed by atoms with van der Waals surface area (Å²) >= 11 is 3.30. The second-order valence-electron chi connectivity index (χ2n) is 2.93. The summed E-state index contributed by atoms with van der Waals surface area (Å²) < 4.78 is 5.78. The third-order valence-corrected chi connectivity index (χ3v) is 2.58. The van der Waals surface area contributed by atoms with Crippen LogP contribution in [0.5, 0.6) is 5.75 Å². The molecule has 4 heteroatoms. The van der Waals surface area contributed by atoms with E-state index in [2.05, 4.69) is 22.5 Å². The molecule has 1 atom stereocenters. The lowest BCUT2D eigenvalue weighted by Gasteiger charge is -2.10. The minimum atomic E-state index is -0.961. The van der Waals surface area contributed by atoms with Gasteiger partial charge in [-0.05, 0) is 33.6 Å². The monoisotopic (exact) mass is 267 g/mol. The Morgan fingerprint density at radius 3 is 2.80 bits per heavy atom. The first-order valence-corrected chi connectivity index (χ1v) is 5.00. The molecule has 0 saturated heterocycles. The third kappa shape index (κ3) is 2.58. The van der Waals surface area contributed by atoms with Crippen molar-refractivity contribution in [3.8, 4) is 11.8 Å². The molecule has 0 amide bonds. The second-order valence-corrected chi connectivity index (χ2v) is 3.79. The van der Waals surface area contributed by atoms with Crippen molar-refractivity contribution < 1.29 is 9.84 Å². The minimum absolute atomic E-state index is 0.118. The van der Waals surface area contributed by atoms with Crippen molar-refractivity contribution in [1.29, 1.82) is 5.26 Å². The highest BCUT2D eigenvalue weighted by Gasteiger charge is 2.12. The van der Waals surface area contributed by atoms with Crippen LogP contribution >= 0.6 is 15.9 Å². The van der Waals surface area contributed by atoms with Gasteiger partial charge in [0.1, 0.15) is 11.9 Å². The van der Waals surface area contributed by atoms with E-state index in [0.717, 1.165) is 4.47 Å². The van der Waals surface area contributed by atoms with E-state index in [4.69, 9.17) is 10.00 Å². The van der Waals surface area contributed by atoms with Crippen LogP contribution in [-0.4, -0.2) is 12.2 Å². The summed E-state index contributed by atoms with van der Waals surface area (Å²) in [5, 5.41) is 18.3. The summed E-state index contributed by atoms with van der Waals surface area (Å²) in [5.74, 6) is 0.675. The number of methoxy groups -OCH3 is 1. The molecule has 0 bridgehead atoms. The SMILES string of the molecule is C=C(C#N)C(O)c1ccc(OC)c(Br)c1. The zero-order chi connectivity index (χ0) is 11.4. The van der Waals surface area contributed by atoms with Gasteiger partial charge in [-0.15, -0.1) is 0 Å². The van der Waals surface area contributed by atoms with Crippen LogP contribution in [0.1, 0.15) is 11.7 Å². The maximum atomic E-state index is 9.69. The number of nitrogens with zero attached hydrogens (tertiary/aromatic N) is 1. The molecule has 0 aliphatic carbocycles. The maximum absolute atomic E-state index is 9.69. The molecule has 0 spiro atoms. The zero-order valence-corrected chi connectivity index (χ0v) is 9.78. The first-order chi connectivity index (χ1) is 7.10. The Balaban J connectivity index is 3.03. The number of hydrogen-bond acceptors (Lipinski definition) is 3. The Morgan fingerprint density at radius 2 is 2.33 bits per heavy atom. The van der Waals surface area contributed by atoms with Gasteiger partial charge in [-0.2, -0.15) is 5.26 Å². The number of halogens is 1. The summed E-state index contributed by atoms with van der Waals surface area (Å²) in [6.45, 7) is 3.46.